The van der Waals surface area contributed by atoms with Crippen LogP contribution in [0, 0.1) is 5.92 Å². The van der Waals surface area contributed by atoms with Crippen LogP contribution < -0.4 is 0 Å². The highest BCUT2D eigenvalue weighted by Gasteiger charge is 2.38. The highest BCUT2D eigenvalue weighted by molar-refractivity contribution is 5.78. The molecule has 0 aromatic heterocycles. The van der Waals surface area contributed by atoms with E-state index in [-0.39, 0.29) is 31.3 Å². The predicted molar refractivity (Wildman–Crippen MR) is 74.9 cm³/mol. The van der Waals surface area contributed by atoms with Crippen molar-refractivity contribution in [2.75, 3.05) is 20.3 Å². The number of benzene rings is 1. The summed E-state index contributed by atoms with van der Waals surface area (Å²) >= 11 is 0. The quantitative estimate of drug-likeness (QED) is 0.841. The van der Waals surface area contributed by atoms with E-state index in [9.17, 15) is 14.7 Å². The van der Waals surface area contributed by atoms with Gasteiger partial charge in [-0.1, -0.05) is 18.2 Å². The minimum Gasteiger partial charge on any atom is -0.508 e. The van der Waals surface area contributed by atoms with E-state index >= 15 is 0 Å². The maximum absolute atomic E-state index is 12.2. The lowest BCUT2D eigenvalue weighted by Crippen LogP contribution is -2.44. The van der Waals surface area contributed by atoms with E-state index in [0.717, 1.165) is 0 Å². The Bertz CT molecular complexity index is 531. The molecule has 1 aromatic rings. The van der Waals surface area contributed by atoms with Crippen LogP contribution in [0.5, 0.6) is 5.75 Å². The molecule has 1 amide bonds. The van der Waals surface area contributed by atoms with Gasteiger partial charge in [-0.2, -0.15) is 0 Å². The standard InChI is InChI=1S/C15H19NO5/c1-16(12-9-21-8-11(12)15(19)20)14(18)7-6-10-4-2-3-5-13(10)17/h2-5,11-12,17H,6-9H2,1H3,(H,19,20). The number of aryl methyl sites for hydroxylation is 1. The number of amides is 1. The fourth-order valence-corrected chi connectivity index (χ4v) is 2.49. The number of nitrogens with zero attached hydrogens (tertiary/aromatic N) is 1. The summed E-state index contributed by atoms with van der Waals surface area (Å²) < 4.78 is 5.17. The number of carboxylic acids is 1. The van der Waals surface area contributed by atoms with Crippen LogP contribution in [0.1, 0.15) is 12.0 Å². The Kier molecular flexibility index (Phi) is 4.80. The van der Waals surface area contributed by atoms with Crippen molar-refractivity contribution in [3.05, 3.63) is 29.8 Å². The second kappa shape index (κ2) is 6.58. The lowest BCUT2D eigenvalue weighted by Gasteiger charge is -2.26. The number of aliphatic carboxylic acids is 1. The van der Waals surface area contributed by atoms with Gasteiger partial charge in [0.2, 0.25) is 5.91 Å². The number of hydrogen-bond donors (Lipinski definition) is 2. The molecule has 1 heterocycles. The second-order valence-corrected chi connectivity index (χ2v) is 5.18. The number of para-hydroxylation sites is 1. The molecule has 0 aliphatic carbocycles. The zero-order valence-electron chi connectivity index (χ0n) is 11.9. The van der Waals surface area contributed by atoms with Crippen LogP contribution in [0.4, 0.5) is 0 Å². The highest BCUT2D eigenvalue weighted by atomic mass is 16.5. The van der Waals surface area contributed by atoms with Gasteiger partial charge < -0.3 is 19.8 Å². The molecular weight excluding hydrogens is 274 g/mol. The average molecular weight is 293 g/mol. The zero-order valence-corrected chi connectivity index (χ0v) is 11.9. The number of carbonyl (C=O) groups is 2. The smallest absolute Gasteiger partial charge is 0.311 e. The highest BCUT2D eigenvalue weighted by Crippen LogP contribution is 2.21. The van der Waals surface area contributed by atoms with Crippen molar-refractivity contribution in [3.63, 3.8) is 0 Å². The largest absolute Gasteiger partial charge is 0.508 e. The van der Waals surface area contributed by atoms with E-state index in [1.54, 1.807) is 31.3 Å². The minimum atomic E-state index is -0.946. The maximum Gasteiger partial charge on any atom is 0.311 e. The van der Waals surface area contributed by atoms with E-state index in [1.807, 2.05) is 0 Å². The molecule has 1 aliphatic heterocycles. The molecule has 0 spiro atoms. The molecule has 1 fully saturated rings. The van der Waals surface area contributed by atoms with Gasteiger partial charge in [-0.15, -0.1) is 0 Å². The molecule has 0 radical (unpaired) electrons. The number of carbonyl (C=O) groups excluding carboxylic acids is 1. The number of phenolic OH excluding ortho intramolecular Hbond substituents is 1. The first-order chi connectivity index (χ1) is 10.0. The third-order valence-corrected chi connectivity index (χ3v) is 3.86. The van der Waals surface area contributed by atoms with E-state index in [0.29, 0.717) is 12.0 Å². The van der Waals surface area contributed by atoms with Gasteiger partial charge in [0.1, 0.15) is 11.7 Å². The van der Waals surface area contributed by atoms with Crippen LogP contribution >= 0.6 is 0 Å². The van der Waals surface area contributed by atoms with Crippen LogP contribution in [-0.4, -0.2) is 53.3 Å². The topological polar surface area (TPSA) is 87.1 Å². The Morgan fingerprint density at radius 1 is 1.33 bits per heavy atom. The Morgan fingerprint density at radius 3 is 2.71 bits per heavy atom. The molecule has 2 N–H and O–H groups in total. The van der Waals surface area contributed by atoms with Crippen LogP contribution in [0.2, 0.25) is 0 Å². The van der Waals surface area contributed by atoms with E-state index in [1.165, 1.54) is 4.90 Å². The number of rotatable bonds is 5. The van der Waals surface area contributed by atoms with Crippen LogP contribution in [-0.2, 0) is 20.7 Å². The third-order valence-electron chi connectivity index (χ3n) is 3.86. The van der Waals surface area contributed by atoms with Crippen LogP contribution in [0.15, 0.2) is 24.3 Å². The van der Waals surface area contributed by atoms with E-state index in [4.69, 9.17) is 9.84 Å². The van der Waals surface area contributed by atoms with Crippen molar-refractivity contribution in [1.29, 1.82) is 0 Å². The molecule has 2 unspecified atom stereocenters. The number of carboxylic acid groups (broad SMARTS) is 1. The van der Waals surface area contributed by atoms with Crippen molar-refractivity contribution < 1.29 is 24.5 Å². The van der Waals surface area contributed by atoms with Gasteiger partial charge in [0, 0.05) is 13.5 Å². The Morgan fingerprint density at radius 2 is 2.05 bits per heavy atom. The number of aromatic hydroxyl groups is 1. The Labute approximate surface area is 122 Å². The van der Waals surface area contributed by atoms with Gasteiger partial charge in [0.15, 0.2) is 0 Å². The summed E-state index contributed by atoms with van der Waals surface area (Å²) in [5.74, 6) is -1.61. The van der Waals surface area contributed by atoms with E-state index in [2.05, 4.69) is 0 Å². The monoisotopic (exact) mass is 293 g/mol. The summed E-state index contributed by atoms with van der Waals surface area (Å²) in [4.78, 5) is 24.7. The first-order valence-electron chi connectivity index (χ1n) is 6.83. The first kappa shape index (κ1) is 15.3. The van der Waals surface area contributed by atoms with Gasteiger partial charge in [-0.3, -0.25) is 9.59 Å². The van der Waals surface area contributed by atoms with Crippen molar-refractivity contribution in [2.24, 2.45) is 5.92 Å². The molecular formula is C15H19NO5. The summed E-state index contributed by atoms with van der Waals surface area (Å²) in [5.41, 5.74) is 0.705. The van der Waals surface area contributed by atoms with Crippen LogP contribution in [0.25, 0.3) is 0 Å². The zero-order chi connectivity index (χ0) is 15.4. The van der Waals surface area contributed by atoms with Crippen molar-refractivity contribution in [3.8, 4) is 5.75 Å². The molecule has 114 valence electrons. The molecule has 6 heteroatoms. The molecule has 2 atom stereocenters. The molecule has 0 bridgehead atoms. The second-order valence-electron chi connectivity index (χ2n) is 5.18. The van der Waals surface area contributed by atoms with Gasteiger partial charge >= 0.3 is 5.97 Å². The van der Waals surface area contributed by atoms with Crippen molar-refractivity contribution in [2.45, 2.75) is 18.9 Å². The van der Waals surface area contributed by atoms with Gasteiger partial charge in [-0.05, 0) is 18.1 Å². The fraction of sp³-hybridized carbons (Fsp3) is 0.467. The number of phenols is 1. The molecule has 6 nitrogen and oxygen atoms in total. The fourth-order valence-electron chi connectivity index (χ4n) is 2.49. The summed E-state index contributed by atoms with van der Waals surface area (Å²) in [6.07, 6.45) is 0.637. The SMILES string of the molecule is CN(C(=O)CCc1ccccc1O)C1COCC1C(=O)O. The summed E-state index contributed by atoms with van der Waals surface area (Å²) in [5, 5.41) is 18.8. The summed E-state index contributed by atoms with van der Waals surface area (Å²) in [7, 11) is 1.60. The minimum absolute atomic E-state index is 0.136. The van der Waals surface area contributed by atoms with Crippen molar-refractivity contribution in [1.82, 2.24) is 4.90 Å². The first-order valence-corrected chi connectivity index (χ1v) is 6.83. The maximum atomic E-state index is 12.2. The normalized spacial score (nSPS) is 21.2. The number of hydrogen-bond acceptors (Lipinski definition) is 4. The number of likely N-dealkylation sites (N-methyl/N-ethyl adjacent to an activating group) is 1. The summed E-state index contributed by atoms with van der Waals surface area (Å²) in [6.45, 7) is 0.382. The lowest BCUT2D eigenvalue weighted by atomic mass is 10.0. The van der Waals surface area contributed by atoms with Gasteiger partial charge in [0.05, 0.1) is 19.3 Å². The predicted octanol–water partition coefficient (Wildman–Crippen LogP) is 0.883. The molecule has 2 rings (SSSR count). The van der Waals surface area contributed by atoms with Crippen molar-refractivity contribution >= 4 is 11.9 Å². The van der Waals surface area contributed by atoms with Gasteiger partial charge in [0.25, 0.3) is 0 Å². The van der Waals surface area contributed by atoms with Gasteiger partial charge in [-0.25, -0.2) is 0 Å². The molecule has 1 saturated heterocycles. The molecule has 1 aromatic carbocycles. The van der Waals surface area contributed by atoms with Crippen LogP contribution in [0.3, 0.4) is 0 Å². The molecule has 21 heavy (non-hydrogen) atoms. The Hall–Kier alpha value is -2.08. The Balaban J connectivity index is 1.94. The average Bonchev–Trinajstić information content (AvgIpc) is 2.95. The lowest BCUT2D eigenvalue weighted by molar-refractivity contribution is -0.144. The third kappa shape index (κ3) is 3.52. The molecule has 1 aliphatic rings. The summed E-state index contributed by atoms with van der Waals surface area (Å²) in [6, 6.07) is 6.43. The number of ether oxygens (including phenoxy) is 1. The molecule has 0 saturated carbocycles. The van der Waals surface area contributed by atoms with E-state index < -0.39 is 17.9 Å².